The second-order valence-corrected chi connectivity index (χ2v) is 6.14. The lowest BCUT2D eigenvalue weighted by molar-refractivity contribution is 0.165. The van der Waals surface area contributed by atoms with Gasteiger partial charge in [-0.25, -0.2) is 0 Å². The van der Waals surface area contributed by atoms with Crippen molar-refractivity contribution in [3.8, 4) is 0 Å². The third-order valence-electron chi connectivity index (χ3n) is 4.90. The molecule has 98 valence electrons. The summed E-state index contributed by atoms with van der Waals surface area (Å²) >= 11 is 4.87. The molecule has 0 aromatic rings. The van der Waals surface area contributed by atoms with Crippen molar-refractivity contribution in [1.29, 1.82) is 0 Å². The van der Waals surface area contributed by atoms with Gasteiger partial charge in [-0.1, -0.05) is 51.4 Å². The Morgan fingerprint density at radius 1 is 0.824 bits per heavy atom. The van der Waals surface area contributed by atoms with Crippen LogP contribution in [-0.2, 0) is 12.4 Å². The maximum atomic E-state index is 4.87. The summed E-state index contributed by atoms with van der Waals surface area (Å²) in [4.78, 5) is 0. The van der Waals surface area contributed by atoms with Gasteiger partial charge < -0.3 is 0 Å². The molecular formula is C14H26N2S. The van der Waals surface area contributed by atoms with Crippen molar-refractivity contribution in [1.82, 2.24) is 5.43 Å². The van der Waals surface area contributed by atoms with Crippen LogP contribution in [0.25, 0.3) is 0 Å². The molecule has 0 bridgehead atoms. The number of rotatable bonds is 3. The molecule has 0 amide bonds. The van der Waals surface area contributed by atoms with E-state index in [0.717, 1.165) is 5.92 Å². The van der Waals surface area contributed by atoms with E-state index < -0.39 is 0 Å². The monoisotopic (exact) mass is 254 g/mol. The Morgan fingerprint density at radius 3 is 1.88 bits per heavy atom. The molecule has 17 heavy (non-hydrogen) atoms. The van der Waals surface area contributed by atoms with Crippen LogP contribution in [0.5, 0.6) is 0 Å². The first-order chi connectivity index (χ1) is 8.37. The summed E-state index contributed by atoms with van der Waals surface area (Å²) < 4.78 is 3.91. The van der Waals surface area contributed by atoms with Crippen LogP contribution in [0.15, 0.2) is 4.47 Å². The third kappa shape index (κ3) is 3.40. The standard InChI is InChI=1S/C14H26N2S/c17-16-15-14(11-7-3-4-8-12-14)13-9-5-1-2-6-10-13/h13H,1-12H2,(H,15,17). The summed E-state index contributed by atoms with van der Waals surface area (Å²) in [6, 6.07) is 0. The predicted octanol–water partition coefficient (Wildman–Crippen LogP) is 4.28. The fourth-order valence-electron chi connectivity index (χ4n) is 3.89. The molecule has 0 radical (unpaired) electrons. The van der Waals surface area contributed by atoms with Gasteiger partial charge in [0.15, 0.2) is 0 Å². The van der Waals surface area contributed by atoms with Crippen molar-refractivity contribution in [2.45, 2.75) is 82.6 Å². The van der Waals surface area contributed by atoms with Gasteiger partial charge >= 0.3 is 0 Å². The molecule has 2 rings (SSSR count). The maximum Gasteiger partial charge on any atom is 0.0626 e. The van der Waals surface area contributed by atoms with Crippen molar-refractivity contribution in [3.05, 3.63) is 0 Å². The van der Waals surface area contributed by atoms with Gasteiger partial charge in [-0.05, 0) is 31.6 Å². The lowest BCUT2D eigenvalue weighted by atomic mass is 9.74. The van der Waals surface area contributed by atoms with E-state index in [1.807, 2.05) is 0 Å². The molecule has 0 spiro atoms. The fraction of sp³-hybridized carbons (Fsp3) is 1.00. The molecule has 2 aliphatic rings. The number of hydrogen-bond acceptors (Lipinski definition) is 2. The van der Waals surface area contributed by atoms with E-state index in [-0.39, 0.29) is 5.54 Å². The van der Waals surface area contributed by atoms with E-state index in [1.54, 1.807) is 0 Å². The Morgan fingerprint density at radius 2 is 1.35 bits per heavy atom. The first-order valence-electron chi connectivity index (χ1n) is 7.47. The van der Waals surface area contributed by atoms with Crippen LogP contribution < -0.4 is 5.43 Å². The fourth-order valence-corrected chi connectivity index (χ4v) is 4.08. The van der Waals surface area contributed by atoms with Gasteiger partial charge in [0.25, 0.3) is 0 Å². The zero-order valence-electron chi connectivity index (χ0n) is 10.9. The second kappa shape index (κ2) is 6.67. The highest BCUT2D eigenvalue weighted by molar-refractivity contribution is 7.47. The zero-order valence-corrected chi connectivity index (χ0v) is 11.7. The summed E-state index contributed by atoms with van der Waals surface area (Å²) in [7, 11) is 0. The number of nitrogens with zero attached hydrogens (tertiary/aromatic N) is 1. The molecule has 0 atom stereocenters. The zero-order chi connectivity index (χ0) is 12.0. The normalized spacial score (nSPS) is 26.8. The molecule has 0 saturated heterocycles. The van der Waals surface area contributed by atoms with Crippen molar-refractivity contribution < 1.29 is 0 Å². The highest BCUT2D eigenvalue weighted by Gasteiger charge is 2.38. The lowest BCUT2D eigenvalue weighted by Gasteiger charge is -2.39. The minimum absolute atomic E-state index is 0.253. The van der Waals surface area contributed by atoms with E-state index in [0.29, 0.717) is 0 Å². The van der Waals surface area contributed by atoms with Crippen molar-refractivity contribution in [2.75, 3.05) is 0 Å². The summed E-state index contributed by atoms with van der Waals surface area (Å²) in [5.74, 6) is 0.815. The van der Waals surface area contributed by atoms with E-state index >= 15 is 0 Å². The van der Waals surface area contributed by atoms with E-state index in [9.17, 15) is 0 Å². The summed E-state index contributed by atoms with van der Waals surface area (Å²) in [5.41, 5.74) is 3.63. The van der Waals surface area contributed by atoms with Crippen molar-refractivity contribution >= 4 is 12.4 Å². The topological polar surface area (TPSA) is 24.4 Å². The van der Waals surface area contributed by atoms with Crippen LogP contribution in [0, 0.1) is 5.92 Å². The smallest absolute Gasteiger partial charge is 0.0626 e. The molecule has 0 heterocycles. The van der Waals surface area contributed by atoms with Crippen LogP contribution in [-0.4, -0.2) is 5.54 Å². The summed E-state index contributed by atoms with van der Waals surface area (Å²) in [6.45, 7) is 0. The Bertz CT molecular complexity index is 226. The summed E-state index contributed by atoms with van der Waals surface area (Å²) in [6.07, 6.45) is 16.5. The molecule has 1 N–H and O–H groups in total. The van der Waals surface area contributed by atoms with Gasteiger partial charge in [0.1, 0.15) is 0 Å². The van der Waals surface area contributed by atoms with E-state index in [1.165, 1.54) is 77.0 Å². The van der Waals surface area contributed by atoms with Crippen LogP contribution in [0.1, 0.15) is 77.0 Å². The largest absolute Gasteiger partial charge is 0.292 e. The van der Waals surface area contributed by atoms with Gasteiger partial charge in [-0.15, -0.1) is 4.47 Å². The van der Waals surface area contributed by atoms with Gasteiger partial charge in [-0.3, -0.25) is 5.43 Å². The minimum atomic E-state index is 0.253. The van der Waals surface area contributed by atoms with Crippen molar-refractivity contribution in [2.24, 2.45) is 10.4 Å². The highest BCUT2D eigenvalue weighted by atomic mass is 32.1. The van der Waals surface area contributed by atoms with E-state index in [2.05, 4.69) is 9.90 Å². The van der Waals surface area contributed by atoms with Gasteiger partial charge in [0.2, 0.25) is 0 Å². The minimum Gasteiger partial charge on any atom is -0.292 e. The Kier molecular flexibility index (Phi) is 5.20. The van der Waals surface area contributed by atoms with Crippen LogP contribution in [0.3, 0.4) is 0 Å². The highest BCUT2D eigenvalue weighted by Crippen LogP contribution is 2.40. The SMILES string of the molecule is S=NNC1(C2CCCCCC2)CCCCCC1. The molecule has 0 unspecified atom stereocenters. The number of nitrogens with one attached hydrogen (secondary N) is 1. The van der Waals surface area contributed by atoms with Crippen LogP contribution >= 0.6 is 0 Å². The Hall–Kier alpha value is -0.180. The van der Waals surface area contributed by atoms with Gasteiger partial charge in [0, 0.05) is 0 Å². The Labute approximate surface area is 111 Å². The number of hydrogen-bond donors (Lipinski definition) is 1. The molecule has 2 nitrogen and oxygen atoms in total. The summed E-state index contributed by atoms with van der Waals surface area (Å²) in [5, 5.41) is 0. The van der Waals surface area contributed by atoms with Crippen LogP contribution in [0.2, 0.25) is 0 Å². The molecule has 2 fully saturated rings. The molecule has 0 aromatic heterocycles. The van der Waals surface area contributed by atoms with Crippen molar-refractivity contribution in [3.63, 3.8) is 0 Å². The maximum absolute atomic E-state index is 4.87. The molecule has 0 aromatic carbocycles. The predicted molar refractivity (Wildman–Crippen MR) is 74.6 cm³/mol. The second-order valence-electron chi connectivity index (χ2n) is 5.96. The van der Waals surface area contributed by atoms with Gasteiger partial charge in [0.05, 0.1) is 18.0 Å². The third-order valence-corrected chi connectivity index (χ3v) is 4.99. The molecule has 2 aliphatic carbocycles. The van der Waals surface area contributed by atoms with E-state index in [4.69, 9.17) is 12.4 Å². The molecule has 0 aliphatic heterocycles. The Balaban J connectivity index is 2.08. The average molecular weight is 254 g/mol. The first kappa shape index (κ1) is 13.3. The molecular weight excluding hydrogens is 228 g/mol. The quantitative estimate of drug-likeness (QED) is 0.600. The molecule has 2 saturated carbocycles. The molecule has 3 heteroatoms. The average Bonchev–Trinajstić information content (AvgIpc) is 2.72. The van der Waals surface area contributed by atoms with Crippen LogP contribution in [0.4, 0.5) is 0 Å². The first-order valence-corrected chi connectivity index (χ1v) is 7.83. The lowest BCUT2D eigenvalue weighted by Crippen LogP contribution is -2.48. The van der Waals surface area contributed by atoms with Gasteiger partial charge in [-0.2, -0.15) is 0 Å².